The maximum Gasteiger partial charge on any atom is 0.253 e. The van der Waals surface area contributed by atoms with Gasteiger partial charge in [-0.1, -0.05) is 12.1 Å². The van der Waals surface area contributed by atoms with Crippen LogP contribution in [-0.4, -0.2) is 15.3 Å². The van der Waals surface area contributed by atoms with E-state index in [1.807, 2.05) is 12.1 Å². The molecule has 1 heterocycles. The number of carbonyl (C=O) groups is 1. The van der Waals surface area contributed by atoms with Crippen LogP contribution in [0.4, 0.5) is 0 Å². The molecule has 1 aromatic carbocycles. The van der Waals surface area contributed by atoms with Crippen molar-refractivity contribution in [1.29, 1.82) is 0 Å². The minimum Gasteiger partial charge on any atom is -0.292 e. The molecule has 0 fully saturated rings. The summed E-state index contributed by atoms with van der Waals surface area (Å²) in [7, 11) is 0. The van der Waals surface area contributed by atoms with Gasteiger partial charge in [0.2, 0.25) is 0 Å². The van der Waals surface area contributed by atoms with Gasteiger partial charge in [-0.05, 0) is 34.7 Å². The summed E-state index contributed by atoms with van der Waals surface area (Å²) in [5.41, 5.74) is 0.375. The molecular weight excluding hydrogens is 331 g/mol. The topological polar surface area (TPSA) is 52.0 Å². The first kappa shape index (κ1) is 12.0. The average molecular weight is 340 g/mol. The highest BCUT2D eigenvalue weighted by Gasteiger charge is 2.07. The molecule has 17 heavy (non-hydrogen) atoms. The standard InChI is InChI=1S/C12H9IN2O2/c13-10-3-1-9(2-4-10)11(16)7-15-8-14-6-5-12(15)17/h1-6,8H,7H2. The molecule has 0 atom stereocenters. The summed E-state index contributed by atoms with van der Waals surface area (Å²) in [5, 5.41) is 0. The molecule has 2 rings (SSSR count). The van der Waals surface area contributed by atoms with Crippen LogP contribution in [0.5, 0.6) is 0 Å². The van der Waals surface area contributed by atoms with Gasteiger partial charge in [0, 0.05) is 21.4 Å². The van der Waals surface area contributed by atoms with Gasteiger partial charge in [0.05, 0.1) is 12.9 Å². The monoisotopic (exact) mass is 340 g/mol. The van der Waals surface area contributed by atoms with E-state index in [1.54, 1.807) is 12.1 Å². The second-order valence-corrected chi connectivity index (χ2v) is 4.72. The molecule has 4 nitrogen and oxygen atoms in total. The van der Waals surface area contributed by atoms with Crippen LogP contribution in [0.2, 0.25) is 0 Å². The number of hydrogen-bond donors (Lipinski definition) is 0. The van der Waals surface area contributed by atoms with Gasteiger partial charge in [0.1, 0.15) is 0 Å². The first-order chi connectivity index (χ1) is 8.16. The molecule has 0 aliphatic rings. The van der Waals surface area contributed by atoms with E-state index >= 15 is 0 Å². The largest absolute Gasteiger partial charge is 0.292 e. The van der Waals surface area contributed by atoms with Crippen molar-refractivity contribution in [3.05, 3.63) is 62.3 Å². The summed E-state index contributed by atoms with van der Waals surface area (Å²) in [4.78, 5) is 27.1. The Morgan fingerprint density at radius 1 is 1.24 bits per heavy atom. The van der Waals surface area contributed by atoms with Crippen LogP contribution in [0, 0.1) is 3.57 Å². The van der Waals surface area contributed by atoms with Crippen LogP contribution in [0.1, 0.15) is 10.4 Å². The SMILES string of the molecule is O=C(Cn1cnccc1=O)c1ccc(I)cc1. The maximum atomic E-state index is 11.9. The fourth-order valence-electron chi connectivity index (χ4n) is 1.38. The summed E-state index contributed by atoms with van der Waals surface area (Å²) >= 11 is 2.17. The van der Waals surface area contributed by atoms with Crippen molar-refractivity contribution in [1.82, 2.24) is 9.55 Å². The van der Waals surface area contributed by atoms with E-state index in [0.29, 0.717) is 5.56 Å². The Hall–Kier alpha value is -1.50. The fraction of sp³-hybridized carbons (Fsp3) is 0.0833. The first-order valence-corrected chi connectivity index (χ1v) is 6.04. The minimum atomic E-state index is -0.223. The van der Waals surface area contributed by atoms with Gasteiger partial charge in [-0.25, -0.2) is 4.98 Å². The lowest BCUT2D eigenvalue weighted by molar-refractivity contribution is 0.0970. The molecule has 0 aliphatic heterocycles. The van der Waals surface area contributed by atoms with Crippen molar-refractivity contribution in [3.8, 4) is 0 Å². The Kier molecular flexibility index (Phi) is 3.68. The predicted octanol–water partition coefficient (Wildman–Crippen LogP) is 1.73. The van der Waals surface area contributed by atoms with Crippen LogP contribution in [0.25, 0.3) is 0 Å². The molecule has 0 N–H and O–H groups in total. The van der Waals surface area contributed by atoms with Gasteiger partial charge in [-0.2, -0.15) is 0 Å². The van der Waals surface area contributed by atoms with E-state index in [2.05, 4.69) is 27.6 Å². The quantitative estimate of drug-likeness (QED) is 0.632. The minimum absolute atomic E-state index is 0.0211. The summed E-state index contributed by atoms with van der Waals surface area (Å²) < 4.78 is 2.36. The molecule has 1 aromatic heterocycles. The highest BCUT2D eigenvalue weighted by molar-refractivity contribution is 14.1. The van der Waals surface area contributed by atoms with Crippen molar-refractivity contribution in [2.45, 2.75) is 6.54 Å². The maximum absolute atomic E-state index is 11.9. The number of carbonyl (C=O) groups excluding carboxylic acids is 1. The zero-order valence-corrected chi connectivity index (χ0v) is 11.0. The van der Waals surface area contributed by atoms with Gasteiger partial charge >= 0.3 is 0 Å². The fourth-order valence-corrected chi connectivity index (χ4v) is 1.74. The lowest BCUT2D eigenvalue weighted by Gasteiger charge is -2.03. The van der Waals surface area contributed by atoms with Gasteiger partial charge in [0.15, 0.2) is 5.78 Å². The predicted molar refractivity (Wildman–Crippen MR) is 72.0 cm³/mol. The van der Waals surface area contributed by atoms with Crippen LogP contribution in [-0.2, 0) is 6.54 Å². The third-order valence-electron chi connectivity index (χ3n) is 2.27. The van der Waals surface area contributed by atoms with E-state index in [4.69, 9.17) is 0 Å². The molecule has 2 aromatic rings. The molecular formula is C12H9IN2O2. The van der Waals surface area contributed by atoms with Gasteiger partial charge < -0.3 is 0 Å². The first-order valence-electron chi connectivity index (χ1n) is 4.96. The Bertz CT molecular complexity index is 590. The highest BCUT2D eigenvalue weighted by atomic mass is 127. The number of nitrogens with zero attached hydrogens (tertiary/aromatic N) is 2. The number of ketones is 1. The number of rotatable bonds is 3. The lowest BCUT2D eigenvalue weighted by Crippen LogP contribution is -2.23. The normalized spacial score (nSPS) is 10.2. The van der Waals surface area contributed by atoms with Crippen molar-refractivity contribution < 1.29 is 4.79 Å². The molecule has 0 bridgehead atoms. The van der Waals surface area contributed by atoms with E-state index < -0.39 is 0 Å². The van der Waals surface area contributed by atoms with E-state index in [9.17, 15) is 9.59 Å². The van der Waals surface area contributed by atoms with E-state index in [-0.39, 0.29) is 17.9 Å². The average Bonchev–Trinajstić information content (AvgIpc) is 2.33. The van der Waals surface area contributed by atoms with E-state index in [1.165, 1.54) is 23.2 Å². The Labute approximate surface area is 111 Å². The number of hydrogen-bond acceptors (Lipinski definition) is 3. The molecule has 0 radical (unpaired) electrons. The Morgan fingerprint density at radius 3 is 2.59 bits per heavy atom. The number of halogens is 1. The molecule has 5 heteroatoms. The molecule has 0 saturated carbocycles. The molecule has 86 valence electrons. The molecule has 0 aliphatic carbocycles. The summed E-state index contributed by atoms with van der Waals surface area (Å²) in [6.07, 6.45) is 2.78. The molecule has 0 amide bonds. The third-order valence-corrected chi connectivity index (χ3v) is 2.99. The van der Waals surface area contributed by atoms with Crippen LogP contribution >= 0.6 is 22.6 Å². The Balaban J connectivity index is 2.20. The van der Waals surface area contributed by atoms with Gasteiger partial charge in [-0.15, -0.1) is 0 Å². The smallest absolute Gasteiger partial charge is 0.253 e. The van der Waals surface area contributed by atoms with E-state index in [0.717, 1.165) is 3.57 Å². The summed E-state index contributed by atoms with van der Waals surface area (Å²) in [5.74, 6) is -0.100. The van der Waals surface area contributed by atoms with Gasteiger partial charge in [-0.3, -0.25) is 14.2 Å². The molecule has 0 saturated heterocycles. The molecule has 0 unspecified atom stereocenters. The highest BCUT2D eigenvalue weighted by Crippen LogP contribution is 2.07. The van der Waals surface area contributed by atoms with Crippen LogP contribution in [0.15, 0.2) is 47.7 Å². The second kappa shape index (κ2) is 5.22. The van der Waals surface area contributed by atoms with Crippen LogP contribution < -0.4 is 5.56 Å². The van der Waals surface area contributed by atoms with Crippen molar-refractivity contribution in [2.75, 3.05) is 0 Å². The lowest BCUT2D eigenvalue weighted by atomic mass is 10.1. The third kappa shape index (κ3) is 3.00. The van der Waals surface area contributed by atoms with Crippen molar-refractivity contribution in [2.24, 2.45) is 0 Å². The molecule has 0 spiro atoms. The Morgan fingerprint density at radius 2 is 1.94 bits per heavy atom. The number of aromatic nitrogens is 2. The zero-order chi connectivity index (χ0) is 12.3. The van der Waals surface area contributed by atoms with Gasteiger partial charge in [0.25, 0.3) is 5.56 Å². The summed E-state index contributed by atoms with van der Waals surface area (Å²) in [6, 6.07) is 8.57. The number of Topliss-reactive ketones (excluding diaryl/α,β-unsaturated/α-hetero) is 1. The van der Waals surface area contributed by atoms with Crippen molar-refractivity contribution >= 4 is 28.4 Å². The summed E-state index contributed by atoms with van der Waals surface area (Å²) in [6.45, 7) is 0.0211. The van der Waals surface area contributed by atoms with Crippen LogP contribution in [0.3, 0.4) is 0 Å². The number of benzene rings is 1. The second-order valence-electron chi connectivity index (χ2n) is 3.48. The van der Waals surface area contributed by atoms with Crippen molar-refractivity contribution in [3.63, 3.8) is 0 Å². The zero-order valence-electron chi connectivity index (χ0n) is 8.84.